The van der Waals surface area contributed by atoms with E-state index in [0.717, 1.165) is 6.54 Å². The van der Waals surface area contributed by atoms with Crippen molar-refractivity contribution in [1.82, 2.24) is 10.2 Å². The van der Waals surface area contributed by atoms with E-state index in [-0.39, 0.29) is 0 Å². The molecule has 0 amide bonds. The van der Waals surface area contributed by atoms with Crippen LogP contribution in [-0.2, 0) is 0 Å². The lowest BCUT2D eigenvalue weighted by molar-refractivity contribution is 0.177. The molecule has 2 rings (SSSR count). The maximum absolute atomic E-state index is 5.90. The summed E-state index contributed by atoms with van der Waals surface area (Å²) in [5.41, 5.74) is 5.90. The second kappa shape index (κ2) is 5.10. The molecule has 2 atom stereocenters. The van der Waals surface area contributed by atoms with Crippen LogP contribution in [0.3, 0.4) is 0 Å². The van der Waals surface area contributed by atoms with Gasteiger partial charge in [-0.25, -0.2) is 0 Å². The molecule has 3 heteroatoms. The van der Waals surface area contributed by atoms with E-state index in [0.29, 0.717) is 12.1 Å². The number of likely N-dealkylation sites (tertiary alicyclic amines) is 1. The Hall–Kier alpha value is -0.120. The van der Waals surface area contributed by atoms with Crippen molar-refractivity contribution in [3.8, 4) is 0 Å². The first-order valence-corrected chi connectivity index (χ1v) is 6.09. The Morgan fingerprint density at radius 2 is 2.00 bits per heavy atom. The lowest BCUT2D eigenvalue weighted by Gasteiger charge is -2.36. The molecule has 3 N–H and O–H groups in total. The van der Waals surface area contributed by atoms with Gasteiger partial charge in [0.2, 0.25) is 0 Å². The molecule has 2 fully saturated rings. The van der Waals surface area contributed by atoms with E-state index >= 15 is 0 Å². The van der Waals surface area contributed by atoms with Gasteiger partial charge in [0.15, 0.2) is 0 Å². The number of hydrogen-bond donors (Lipinski definition) is 2. The van der Waals surface area contributed by atoms with Crippen LogP contribution in [0.1, 0.15) is 32.1 Å². The monoisotopic (exact) mass is 197 g/mol. The molecule has 0 aromatic rings. The number of rotatable bonds is 3. The van der Waals surface area contributed by atoms with Crippen LogP contribution in [0.25, 0.3) is 0 Å². The Morgan fingerprint density at radius 3 is 2.57 bits per heavy atom. The number of hydrogen-bond acceptors (Lipinski definition) is 3. The van der Waals surface area contributed by atoms with Gasteiger partial charge in [0.1, 0.15) is 0 Å². The van der Waals surface area contributed by atoms with Crippen molar-refractivity contribution < 1.29 is 0 Å². The van der Waals surface area contributed by atoms with Crippen molar-refractivity contribution >= 4 is 0 Å². The molecule has 2 saturated heterocycles. The fourth-order valence-corrected chi connectivity index (χ4v) is 2.85. The van der Waals surface area contributed by atoms with Crippen molar-refractivity contribution in [3.05, 3.63) is 0 Å². The van der Waals surface area contributed by atoms with Crippen LogP contribution in [0.15, 0.2) is 0 Å². The zero-order valence-corrected chi connectivity index (χ0v) is 9.04. The van der Waals surface area contributed by atoms with Gasteiger partial charge in [-0.15, -0.1) is 0 Å². The normalized spacial score (nSPS) is 31.9. The summed E-state index contributed by atoms with van der Waals surface area (Å²) in [4.78, 5) is 2.59. The Bertz CT molecular complexity index is 160. The van der Waals surface area contributed by atoms with E-state index in [9.17, 15) is 0 Å². The first kappa shape index (κ1) is 10.4. The molecule has 0 aromatic carbocycles. The third-order valence-electron chi connectivity index (χ3n) is 3.66. The third kappa shape index (κ3) is 2.27. The summed E-state index contributed by atoms with van der Waals surface area (Å²) >= 11 is 0. The lowest BCUT2D eigenvalue weighted by Crippen LogP contribution is -2.54. The number of nitrogens with zero attached hydrogens (tertiary/aromatic N) is 1. The molecule has 2 aliphatic rings. The molecule has 82 valence electrons. The summed E-state index contributed by atoms with van der Waals surface area (Å²) < 4.78 is 0. The van der Waals surface area contributed by atoms with E-state index in [1.54, 1.807) is 0 Å². The molecule has 3 nitrogen and oxygen atoms in total. The smallest absolute Gasteiger partial charge is 0.0371 e. The van der Waals surface area contributed by atoms with Crippen molar-refractivity contribution in [1.29, 1.82) is 0 Å². The van der Waals surface area contributed by atoms with Gasteiger partial charge in [0, 0.05) is 18.6 Å². The topological polar surface area (TPSA) is 41.3 Å². The van der Waals surface area contributed by atoms with E-state index < -0.39 is 0 Å². The largest absolute Gasteiger partial charge is 0.329 e. The summed E-state index contributed by atoms with van der Waals surface area (Å²) in [6.45, 7) is 4.53. The van der Waals surface area contributed by atoms with Crippen molar-refractivity contribution in [2.45, 2.75) is 44.2 Å². The second-order valence-electron chi connectivity index (χ2n) is 4.60. The van der Waals surface area contributed by atoms with E-state index in [1.165, 1.54) is 51.7 Å². The maximum atomic E-state index is 5.90. The fraction of sp³-hybridized carbons (Fsp3) is 1.00. The minimum atomic E-state index is 0.595. The second-order valence-corrected chi connectivity index (χ2v) is 4.60. The van der Waals surface area contributed by atoms with E-state index in [1.807, 2.05) is 0 Å². The molecular weight excluding hydrogens is 174 g/mol. The molecule has 2 heterocycles. The molecule has 0 spiro atoms. The van der Waals surface area contributed by atoms with Crippen LogP contribution in [0.4, 0.5) is 0 Å². The van der Waals surface area contributed by atoms with E-state index in [4.69, 9.17) is 5.73 Å². The van der Waals surface area contributed by atoms with Crippen LogP contribution in [-0.4, -0.2) is 43.2 Å². The third-order valence-corrected chi connectivity index (χ3v) is 3.66. The van der Waals surface area contributed by atoms with Gasteiger partial charge in [0.05, 0.1) is 0 Å². The summed E-state index contributed by atoms with van der Waals surface area (Å²) in [6.07, 6.45) is 6.76. The van der Waals surface area contributed by atoms with Crippen LogP contribution in [0.5, 0.6) is 0 Å². The fourth-order valence-electron chi connectivity index (χ4n) is 2.85. The van der Waals surface area contributed by atoms with E-state index in [2.05, 4.69) is 10.2 Å². The van der Waals surface area contributed by atoms with Gasteiger partial charge in [-0.2, -0.15) is 0 Å². The Balaban J connectivity index is 1.89. The molecule has 14 heavy (non-hydrogen) atoms. The lowest BCUT2D eigenvalue weighted by atomic mass is 9.97. The maximum Gasteiger partial charge on any atom is 0.0371 e. The highest BCUT2D eigenvalue weighted by atomic mass is 15.2. The predicted molar refractivity (Wildman–Crippen MR) is 59.3 cm³/mol. The van der Waals surface area contributed by atoms with Crippen LogP contribution < -0.4 is 11.1 Å². The van der Waals surface area contributed by atoms with Gasteiger partial charge in [-0.3, -0.25) is 4.90 Å². The zero-order chi connectivity index (χ0) is 9.80. The minimum Gasteiger partial charge on any atom is -0.329 e. The molecule has 0 aliphatic carbocycles. The molecule has 0 aromatic heterocycles. The highest BCUT2D eigenvalue weighted by Crippen LogP contribution is 2.18. The summed E-state index contributed by atoms with van der Waals surface area (Å²) in [5.74, 6) is 0. The van der Waals surface area contributed by atoms with Crippen LogP contribution in [0, 0.1) is 0 Å². The Labute approximate surface area is 87.0 Å². The average molecular weight is 197 g/mol. The van der Waals surface area contributed by atoms with Crippen LogP contribution in [0.2, 0.25) is 0 Å². The number of nitrogens with one attached hydrogen (secondary N) is 1. The Morgan fingerprint density at radius 1 is 1.21 bits per heavy atom. The molecular formula is C11H23N3. The Kier molecular flexibility index (Phi) is 3.79. The SMILES string of the molecule is NCC(C1CCCCN1)N1CCCC1. The van der Waals surface area contributed by atoms with Gasteiger partial charge in [-0.05, 0) is 45.3 Å². The molecule has 0 radical (unpaired) electrons. The molecule has 0 bridgehead atoms. The standard InChI is InChI=1S/C11H23N3/c12-9-11(14-7-3-4-8-14)10-5-1-2-6-13-10/h10-11,13H,1-9,12H2. The zero-order valence-electron chi connectivity index (χ0n) is 9.04. The van der Waals surface area contributed by atoms with Crippen LogP contribution >= 0.6 is 0 Å². The van der Waals surface area contributed by atoms with Gasteiger partial charge >= 0.3 is 0 Å². The van der Waals surface area contributed by atoms with Crippen molar-refractivity contribution in [2.24, 2.45) is 5.73 Å². The summed E-state index contributed by atoms with van der Waals surface area (Å²) in [6, 6.07) is 1.25. The van der Waals surface area contributed by atoms with Crippen molar-refractivity contribution in [3.63, 3.8) is 0 Å². The summed E-state index contributed by atoms with van der Waals surface area (Å²) in [5, 5.41) is 3.63. The summed E-state index contributed by atoms with van der Waals surface area (Å²) in [7, 11) is 0. The average Bonchev–Trinajstić information content (AvgIpc) is 2.74. The predicted octanol–water partition coefficient (Wildman–Crippen LogP) is 0.552. The highest BCUT2D eigenvalue weighted by Gasteiger charge is 2.28. The first-order valence-electron chi connectivity index (χ1n) is 6.09. The quantitative estimate of drug-likeness (QED) is 0.694. The van der Waals surface area contributed by atoms with Gasteiger partial charge in [-0.1, -0.05) is 6.42 Å². The minimum absolute atomic E-state index is 0.595. The molecule has 0 saturated carbocycles. The first-order chi connectivity index (χ1) is 6.92. The van der Waals surface area contributed by atoms with Crippen molar-refractivity contribution in [2.75, 3.05) is 26.2 Å². The van der Waals surface area contributed by atoms with Gasteiger partial charge < -0.3 is 11.1 Å². The number of piperidine rings is 1. The molecule has 2 aliphatic heterocycles. The molecule has 2 unspecified atom stereocenters. The number of nitrogens with two attached hydrogens (primary N) is 1. The highest BCUT2D eigenvalue weighted by molar-refractivity contribution is 4.89. The van der Waals surface area contributed by atoms with Gasteiger partial charge in [0.25, 0.3) is 0 Å².